The fourth-order valence-corrected chi connectivity index (χ4v) is 3.17. The number of hydrogen-bond acceptors (Lipinski definition) is 7. The summed E-state index contributed by atoms with van der Waals surface area (Å²) in [6, 6.07) is 7.18. The molecule has 27 heavy (non-hydrogen) atoms. The van der Waals surface area contributed by atoms with Crippen molar-refractivity contribution in [2.24, 2.45) is 12.8 Å². The van der Waals surface area contributed by atoms with E-state index in [4.69, 9.17) is 19.9 Å². The molecule has 0 aliphatic rings. The van der Waals surface area contributed by atoms with Gasteiger partial charge in [0.1, 0.15) is 12.4 Å². The van der Waals surface area contributed by atoms with Crippen LogP contribution in [0.5, 0.6) is 17.2 Å². The second-order valence-corrected chi connectivity index (χ2v) is 6.25. The van der Waals surface area contributed by atoms with Crippen LogP contribution in [0.25, 0.3) is 11.3 Å². The van der Waals surface area contributed by atoms with Crippen molar-refractivity contribution in [2.75, 3.05) is 25.6 Å². The number of amides is 1. The average molecular weight is 388 g/mol. The highest BCUT2D eigenvalue weighted by atomic mass is 32.1. The Labute approximate surface area is 160 Å². The Bertz CT molecular complexity index is 922. The second kappa shape index (κ2) is 8.56. The minimum Gasteiger partial charge on any atom is -0.492 e. The molecule has 3 aromatic rings. The highest BCUT2D eigenvalue weighted by Crippen LogP contribution is 2.33. The van der Waals surface area contributed by atoms with Crippen molar-refractivity contribution in [3.05, 3.63) is 41.2 Å². The topological polar surface area (TPSA) is 101 Å². The first-order chi connectivity index (χ1) is 13.1. The summed E-state index contributed by atoms with van der Waals surface area (Å²) in [7, 11) is 3.35. The third kappa shape index (κ3) is 4.39. The number of thiophene rings is 1. The predicted molar refractivity (Wildman–Crippen MR) is 104 cm³/mol. The maximum atomic E-state index is 12.2. The van der Waals surface area contributed by atoms with E-state index in [1.807, 2.05) is 13.1 Å². The van der Waals surface area contributed by atoms with Crippen LogP contribution in [0.15, 0.2) is 41.2 Å². The van der Waals surface area contributed by atoms with Gasteiger partial charge in [0.2, 0.25) is 0 Å². The minimum atomic E-state index is -0.613. The maximum absolute atomic E-state index is 12.2. The number of aromatic nitrogens is 2. The molecule has 3 rings (SSSR count). The number of aryl methyl sites for hydroxylation is 1. The number of nitrogens with one attached hydrogen (secondary N) is 1. The predicted octanol–water partition coefficient (Wildman–Crippen LogP) is 3.11. The van der Waals surface area contributed by atoms with Gasteiger partial charge in [-0.05, 0) is 24.3 Å². The van der Waals surface area contributed by atoms with Gasteiger partial charge in [-0.15, -0.1) is 11.3 Å². The molecular formula is C18H20N4O4S. The number of nitrogens with two attached hydrogens (primary N) is 1. The van der Waals surface area contributed by atoms with E-state index >= 15 is 0 Å². The molecule has 9 heteroatoms. The van der Waals surface area contributed by atoms with Crippen LogP contribution in [0.2, 0.25) is 0 Å². The monoisotopic (exact) mass is 388 g/mol. The number of nitrogens with zero attached hydrogens (tertiary/aromatic N) is 2. The van der Waals surface area contributed by atoms with Crippen molar-refractivity contribution in [1.29, 1.82) is 0 Å². The zero-order chi connectivity index (χ0) is 19.2. The maximum Gasteiger partial charge on any atom is 0.417 e. The summed E-state index contributed by atoms with van der Waals surface area (Å²) >= 11 is 1.38. The summed E-state index contributed by atoms with van der Waals surface area (Å²) < 4.78 is 17.9. The molecular weight excluding hydrogens is 368 g/mol. The number of rotatable bonds is 7. The van der Waals surface area contributed by atoms with E-state index in [0.717, 1.165) is 11.3 Å². The van der Waals surface area contributed by atoms with Crippen molar-refractivity contribution >= 4 is 23.1 Å². The number of benzene rings is 1. The molecule has 1 aromatic carbocycles. The second-order valence-electron chi connectivity index (χ2n) is 5.51. The SMILES string of the molecule is COc1cscc1OC(=O)Nc1ccc(OCCN)c(-c2ccnn2C)c1. The lowest BCUT2D eigenvalue weighted by Gasteiger charge is -2.14. The number of anilines is 1. The minimum absolute atomic E-state index is 0.370. The Hall–Kier alpha value is -3.04. The Morgan fingerprint density at radius 1 is 1.26 bits per heavy atom. The fourth-order valence-electron chi connectivity index (χ4n) is 2.48. The third-order valence-corrected chi connectivity index (χ3v) is 4.41. The standard InChI is InChI=1S/C18H20N4O4S/c1-22-14(5-7-20-22)13-9-12(3-4-15(13)25-8-6-19)21-18(23)26-17-11-27-10-16(17)24-2/h3-5,7,9-11H,6,8,19H2,1-2H3,(H,21,23). The number of ether oxygens (including phenoxy) is 3. The van der Waals surface area contributed by atoms with Crippen LogP contribution in [-0.2, 0) is 7.05 Å². The van der Waals surface area contributed by atoms with Gasteiger partial charge >= 0.3 is 6.09 Å². The summed E-state index contributed by atoms with van der Waals surface area (Å²) in [6.45, 7) is 0.789. The quantitative estimate of drug-likeness (QED) is 0.645. The van der Waals surface area contributed by atoms with Crippen molar-refractivity contribution < 1.29 is 19.0 Å². The van der Waals surface area contributed by atoms with Crippen LogP contribution in [-0.4, -0.2) is 36.1 Å². The van der Waals surface area contributed by atoms with Crippen molar-refractivity contribution in [1.82, 2.24) is 9.78 Å². The van der Waals surface area contributed by atoms with E-state index in [0.29, 0.717) is 36.1 Å². The van der Waals surface area contributed by atoms with Gasteiger partial charge < -0.3 is 19.9 Å². The molecule has 0 bridgehead atoms. The van der Waals surface area contributed by atoms with Gasteiger partial charge in [0, 0.05) is 41.8 Å². The van der Waals surface area contributed by atoms with Gasteiger partial charge in [-0.25, -0.2) is 4.79 Å². The van der Waals surface area contributed by atoms with Gasteiger partial charge in [0.05, 0.1) is 12.8 Å². The molecule has 1 amide bonds. The van der Waals surface area contributed by atoms with Crippen LogP contribution in [0.4, 0.5) is 10.5 Å². The number of carbonyl (C=O) groups is 1. The molecule has 0 spiro atoms. The molecule has 0 unspecified atom stereocenters. The number of methoxy groups -OCH3 is 1. The molecule has 0 saturated carbocycles. The normalized spacial score (nSPS) is 10.5. The number of carbonyl (C=O) groups excluding carboxylic acids is 1. The van der Waals surface area contributed by atoms with Crippen LogP contribution < -0.4 is 25.3 Å². The summed E-state index contributed by atoms with van der Waals surface area (Å²) in [4.78, 5) is 12.2. The Morgan fingerprint density at radius 3 is 2.78 bits per heavy atom. The molecule has 0 aliphatic heterocycles. The highest BCUT2D eigenvalue weighted by molar-refractivity contribution is 7.08. The van der Waals surface area contributed by atoms with E-state index in [2.05, 4.69) is 10.4 Å². The lowest BCUT2D eigenvalue weighted by molar-refractivity contribution is 0.213. The first-order valence-corrected chi connectivity index (χ1v) is 9.11. The first kappa shape index (κ1) is 18.7. The van der Waals surface area contributed by atoms with Gasteiger partial charge in [-0.1, -0.05) is 0 Å². The van der Waals surface area contributed by atoms with Gasteiger partial charge in [-0.3, -0.25) is 10.00 Å². The molecule has 0 atom stereocenters. The molecule has 2 heterocycles. The van der Waals surface area contributed by atoms with Gasteiger partial charge in [0.25, 0.3) is 0 Å². The summed E-state index contributed by atoms with van der Waals surface area (Å²) in [5.41, 5.74) is 7.73. The zero-order valence-electron chi connectivity index (χ0n) is 15.0. The van der Waals surface area contributed by atoms with Gasteiger partial charge in [-0.2, -0.15) is 5.10 Å². The van der Waals surface area contributed by atoms with E-state index in [9.17, 15) is 4.79 Å². The smallest absolute Gasteiger partial charge is 0.417 e. The highest BCUT2D eigenvalue weighted by Gasteiger charge is 2.15. The Morgan fingerprint density at radius 2 is 2.07 bits per heavy atom. The molecule has 2 aromatic heterocycles. The molecule has 0 fully saturated rings. The first-order valence-electron chi connectivity index (χ1n) is 8.16. The summed E-state index contributed by atoms with van der Waals surface area (Å²) in [6.07, 6.45) is 1.08. The fraction of sp³-hybridized carbons (Fsp3) is 0.222. The average Bonchev–Trinajstić information content (AvgIpc) is 3.28. The van der Waals surface area contributed by atoms with Crippen molar-refractivity contribution in [2.45, 2.75) is 0 Å². The zero-order valence-corrected chi connectivity index (χ0v) is 15.8. The van der Waals surface area contributed by atoms with E-state index in [-0.39, 0.29) is 0 Å². The lowest BCUT2D eigenvalue weighted by Crippen LogP contribution is -2.17. The van der Waals surface area contributed by atoms with E-state index < -0.39 is 6.09 Å². The van der Waals surface area contributed by atoms with Crippen LogP contribution >= 0.6 is 11.3 Å². The third-order valence-electron chi connectivity index (χ3n) is 3.71. The van der Waals surface area contributed by atoms with Crippen LogP contribution in [0, 0.1) is 0 Å². The van der Waals surface area contributed by atoms with Crippen molar-refractivity contribution in [3.8, 4) is 28.5 Å². The number of hydrogen-bond donors (Lipinski definition) is 2. The van der Waals surface area contributed by atoms with Crippen LogP contribution in [0.1, 0.15) is 0 Å². The lowest BCUT2D eigenvalue weighted by atomic mass is 10.1. The Balaban J connectivity index is 1.81. The van der Waals surface area contributed by atoms with Crippen LogP contribution in [0.3, 0.4) is 0 Å². The van der Waals surface area contributed by atoms with E-state index in [1.165, 1.54) is 18.4 Å². The molecule has 142 valence electrons. The molecule has 8 nitrogen and oxygen atoms in total. The molecule has 3 N–H and O–H groups in total. The summed E-state index contributed by atoms with van der Waals surface area (Å²) in [5, 5.41) is 10.4. The molecule has 0 radical (unpaired) electrons. The van der Waals surface area contributed by atoms with E-state index in [1.54, 1.807) is 39.8 Å². The largest absolute Gasteiger partial charge is 0.492 e. The molecule has 0 aliphatic carbocycles. The van der Waals surface area contributed by atoms with Crippen molar-refractivity contribution in [3.63, 3.8) is 0 Å². The van der Waals surface area contributed by atoms with Gasteiger partial charge in [0.15, 0.2) is 11.5 Å². The summed E-state index contributed by atoms with van der Waals surface area (Å²) in [5.74, 6) is 1.54. The Kier molecular flexibility index (Phi) is 5.94. The molecule has 0 saturated heterocycles.